The largest absolute Gasteiger partial charge is 0.465 e. The van der Waals surface area contributed by atoms with Gasteiger partial charge in [-0.2, -0.15) is 0 Å². The summed E-state index contributed by atoms with van der Waals surface area (Å²) in [5, 5.41) is 0. The van der Waals surface area contributed by atoms with Gasteiger partial charge in [0.05, 0.1) is 6.61 Å². The van der Waals surface area contributed by atoms with Crippen LogP contribution in [0.5, 0.6) is 0 Å². The van der Waals surface area contributed by atoms with Crippen LogP contribution in [0.2, 0.25) is 0 Å². The first-order valence-corrected chi connectivity index (χ1v) is 17.7. The van der Waals surface area contributed by atoms with Crippen LogP contribution in [0.1, 0.15) is 194 Å². The zero-order valence-corrected chi connectivity index (χ0v) is 27.2. The van der Waals surface area contributed by atoms with Crippen molar-refractivity contribution in [3.63, 3.8) is 0 Å². The monoisotopic (exact) mass is 582 g/mol. The van der Waals surface area contributed by atoms with Gasteiger partial charge in [0, 0.05) is 12.8 Å². The van der Waals surface area contributed by atoms with Gasteiger partial charge in [0.2, 0.25) is 0 Å². The van der Waals surface area contributed by atoms with Gasteiger partial charge in [-0.15, -0.1) is 0 Å². The van der Waals surface area contributed by atoms with Gasteiger partial charge in [-0.25, -0.2) is 0 Å². The van der Waals surface area contributed by atoms with Gasteiger partial charge in [0.15, 0.2) is 0 Å². The van der Waals surface area contributed by atoms with E-state index < -0.39 is 23.9 Å². The fourth-order valence-electron chi connectivity index (χ4n) is 5.13. The number of esters is 3. The Hall–Kier alpha value is -1.43. The molecule has 242 valence electrons. The zero-order chi connectivity index (χ0) is 30.2. The Morgan fingerprint density at radius 3 is 1.24 bits per heavy atom. The van der Waals surface area contributed by atoms with E-state index in [1.807, 2.05) is 0 Å². The lowest BCUT2D eigenvalue weighted by Gasteiger charge is -2.11. The van der Waals surface area contributed by atoms with Crippen LogP contribution in [0.25, 0.3) is 0 Å². The predicted octanol–water partition coefficient (Wildman–Crippen LogP) is 9.89. The molecule has 0 aliphatic rings. The minimum absolute atomic E-state index is 0.0564. The molecule has 1 atom stereocenters. The molecule has 0 spiro atoms. The van der Waals surface area contributed by atoms with Crippen molar-refractivity contribution >= 4 is 17.9 Å². The van der Waals surface area contributed by atoms with Gasteiger partial charge in [0.1, 0.15) is 6.04 Å². The molecule has 0 aromatic heterocycles. The van der Waals surface area contributed by atoms with Crippen LogP contribution in [0, 0.1) is 0 Å². The van der Waals surface area contributed by atoms with E-state index in [9.17, 15) is 14.4 Å². The lowest BCUT2D eigenvalue weighted by atomic mass is 10.0. The molecule has 0 aromatic carbocycles. The molecule has 0 rings (SSSR count). The average molecular weight is 582 g/mol. The maximum atomic E-state index is 12.0. The van der Waals surface area contributed by atoms with Crippen LogP contribution in [0.4, 0.5) is 0 Å². The summed E-state index contributed by atoms with van der Waals surface area (Å²) in [6.45, 7) is 4.86. The van der Waals surface area contributed by atoms with E-state index in [-0.39, 0.29) is 19.3 Å². The first-order valence-electron chi connectivity index (χ1n) is 17.7. The fourth-order valence-corrected chi connectivity index (χ4v) is 5.13. The topological polar surface area (TPSA) is 95.7 Å². The maximum Gasteiger partial charge on any atom is 0.322 e. The van der Waals surface area contributed by atoms with Crippen molar-refractivity contribution < 1.29 is 23.9 Å². The van der Waals surface area contributed by atoms with E-state index in [0.29, 0.717) is 6.61 Å². The molecule has 41 heavy (non-hydrogen) atoms. The van der Waals surface area contributed by atoms with Crippen molar-refractivity contribution in [3.8, 4) is 0 Å². The van der Waals surface area contributed by atoms with Crippen LogP contribution in [-0.4, -0.2) is 30.6 Å². The van der Waals surface area contributed by atoms with E-state index in [0.717, 1.165) is 38.5 Å². The van der Waals surface area contributed by atoms with E-state index in [4.69, 9.17) is 15.2 Å². The summed E-state index contributed by atoms with van der Waals surface area (Å²) in [4.78, 5) is 35.9. The number of ether oxygens (including phenoxy) is 2. The molecule has 0 aliphatic carbocycles. The number of nitrogens with two attached hydrogens (primary N) is 1. The Labute approximate surface area is 253 Å². The molecule has 0 bridgehead atoms. The number of hydrogen-bond donors (Lipinski definition) is 1. The summed E-state index contributed by atoms with van der Waals surface area (Å²) in [5.41, 5.74) is 5.86. The van der Waals surface area contributed by atoms with Crippen molar-refractivity contribution in [3.05, 3.63) is 0 Å². The Bertz CT molecular complexity index is 609. The Balaban J connectivity index is 3.52. The van der Waals surface area contributed by atoms with Crippen LogP contribution >= 0.6 is 0 Å². The second kappa shape index (κ2) is 31.5. The number of unbranched alkanes of at least 4 members (excludes halogenated alkanes) is 23. The number of rotatable bonds is 31. The minimum Gasteiger partial charge on any atom is -0.465 e. The van der Waals surface area contributed by atoms with Crippen molar-refractivity contribution in [2.75, 3.05) is 6.61 Å². The smallest absolute Gasteiger partial charge is 0.322 e. The Morgan fingerprint density at radius 2 is 0.829 bits per heavy atom. The quantitative estimate of drug-likeness (QED) is 0.0497. The first-order chi connectivity index (χ1) is 20.0. The highest BCUT2D eigenvalue weighted by molar-refractivity contribution is 5.85. The summed E-state index contributed by atoms with van der Waals surface area (Å²) in [6.07, 6.45) is 31.5. The third-order valence-corrected chi connectivity index (χ3v) is 7.92. The van der Waals surface area contributed by atoms with Gasteiger partial charge in [-0.3, -0.25) is 14.4 Å². The highest BCUT2D eigenvalue weighted by Crippen LogP contribution is 2.14. The van der Waals surface area contributed by atoms with Crippen molar-refractivity contribution in [1.29, 1.82) is 0 Å². The fraction of sp³-hybridized carbons (Fsp3) is 0.914. The molecule has 6 nitrogen and oxygen atoms in total. The Morgan fingerprint density at radius 1 is 0.488 bits per heavy atom. The first kappa shape index (κ1) is 39.6. The molecule has 0 fully saturated rings. The molecular weight excluding hydrogens is 514 g/mol. The van der Waals surface area contributed by atoms with Gasteiger partial charge in [-0.05, 0) is 19.3 Å². The van der Waals surface area contributed by atoms with Gasteiger partial charge >= 0.3 is 17.9 Å². The maximum absolute atomic E-state index is 12.0. The van der Waals surface area contributed by atoms with Gasteiger partial charge in [0.25, 0.3) is 0 Å². The summed E-state index contributed by atoms with van der Waals surface area (Å²) < 4.78 is 10.1. The summed E-state index contributed by atoms with van der Waals surface area (Å²) >= 11 is 0. The molecule has 0 saturated carbocycles. The molecular formula is C35H67NO5. The van der Waals surface area contributed by atoms with Crippen LogP contribution in [0.15, 0.2) is 0 Å². The van der Waals surface area contributed by atoms with Crippen LogP contribution in [-0.2, 0) is 23.9 Å². The lowest BCUT2D eigenvalue weighted by molar-refractivity contribution is -0.159. The standard InChI is InChI=1S/C35H67NO5/c1-3-5-7-9-11-13-15-16-17-18-19-20-22-24-26-28-33(37)41-34(38)30-29-32(36)35(39)40-31-27-25-23-21-14-12-10-8-6-4-2/h32H,3-31,36H2,1-2H3. The normalized spacial score (nSPS) is 11.9. The van der Waals surface area contributed by atoms with Crippen LogP contribution in [0.3, 0.4) is 0 Å². The van der Waals surface area contributed by atoms with Gasteiger partial charge in [-0.1, -0.05) is 162 Å². The third kappa shape index (κ3) is 29.8. The van der Waals surface area contributed by atoms with E-state index in [1.54, 1.807) is 0 Å². The SMILES string of the molecule is CCCCCCCCCCCCCCCCCC(=O)OC(=O)CCC(N)C(=O)OCCCCCCCCCCCC. The van der Waals surface area contributed by atoms with Crippen molar-refractivity contribution in [2.24, 2.45) is 5.73 Å². The van der Waals surface area contributed by atoms with Crippen LogP contribution < -0.4 is 5.73 Å². The number of carbonyl (C=O) groups excluding carboxylic acids is 3. The van der Waals surface area contributed by atoms with Crippen molar-refractivity contribution in [1.82, 2.24) is 0 Å². The second-order valence-corrected chi connectivity index (χ2v) is 12.0. The van der Waals surface area contributed by atoms with E-state index >= 15 is 0 Å². The second-order valence-electron chi connectivity index (χ2n) is 12.0. The number of carbonyl (C=O) groups is 3. The third-order valence-electron chi connectivity index (χ3n) is 7.92. The van der Waals surface area contributed by atoms with E-state index in [2.05, 4.69) is 13.8 Å². The molecule has 0 aromatic rings. The van der Waals surface area contributed by atoms with E-state index in [1.165, 1.54) is 122 Å². The molecule has 1 unspecified atom stereocenters. The van der Waals surface area contributed by atoms with Crippen molar-refractivity contribution in [2.45, 2.75) is 200 Å². The summed E-state index contributed by atoms with van der Waals surface area (Å²) in [7, 11) is 0. The zero-order valence-electron chi connectivity index (χ0n) is 27.2. The Kier molecular flexibility index (Phi) is 30.4. The molecule has 0 amide bonds. The highest BCUT2D eigenvalue weighted by atomic mass is 16.6. The highest BCUT2D eigenvalue weighted by Gasteiger charge is 2.18. The molecule has 0 radical (unpaired) electrons. The molecule has 0 aliphatic heterocycles. The lowest BCUT2D eigenvalue weighted by Crippen LogP contribution is -2.33. The minimum atomic E-state index is -0.865. The average Bonchev–Trinajstić information content (AvgIpc) is 2.96. The molecule has 0 heterocycles. The van der Waals surface area contributed by atoms with Gasteiger partial charge < -0.3 is 15.2 Å². The summed E-state index contributed by atoms with van der Waals surface area (Å²) in [5.74, 6) is -1.59. The molecule has 2 N–H and O–H groups in total. The number of hydrogen-bond acceptors (Lipinski definition) is 6. The molecule has 6 heteroatoms. The molecule has 0 saturated heterocycles. The summed E-state index contributed by atoms with van der Waals surface area (Å²) in [6, 6.07) is -0.865. The predicted molar refractivity (Wildman–Crippen MR) is 171 cm³/mol.